The second kappa shape index (κ2) is 8.06. The molecule has 2 rings (SSSR count). The molecule has 0 saturated heterocycles. The van der Waals surface area contributed by atoms with Crippen LogP contribution in [0.25, 0.3) is 0 Å². The lowest BCUT2D eigenvalue weighted by Crippen LogP contribution is -2.26. The van der Waals surface area contributed by atoms with Gasteiger partial charge in [-0.05, 0) is 36.6 Å². The number of hydrogen-bond acceptors (Lipinski definition) is 2. The Morgan fingerprint density at radius 2 is 1.74 bits per heavy atom. The molecule has 1 amide bonds. The number of nitrogens with one attached hydrogen (secondary N) is 1. The van der Waals surface area contributed by atoms with E-state index in [-0.39, 0.29) is 17.7 Å². The first-order valence-corrected chi connectivity index (χ1v) is 8.38. The minimum atomic E-state index is -0.159. The predicted molar refractivity (Wildman–Crippen MR) is 95.4 cm³/mol. The second-order valence-corrected chi connectivity index (χ2v) is 6.50. The highest BCUT2D eigenvalue weighted by Crippen LogP contribution is 2.22. The SMILES string of the molecule is CC(=O)NC(CCC(=O)c1ccccc1C)c1ccc(Br)cc1. The van der Waals surface area contributed by atoms with Crippen molar-refractivity contribution in [3.8, 4) is 0 Å². The summed E-state index contributed by atoms with van der Waals surface area (Å²) < 4.78 is 0.985. The van der Waals surface area contributed by atoms with Gasteiger partial charge < -0.3 is 5.32 Å². The van der Waals surface area contributed by atoms with Crippen LogP contribution in [0.1, 0.15) is 47.3 Å². The summed E-state index contributed by atoms with van der Waals surface area (Å²) in [5.41, 5.74) is 2.74. The van der Waals surface area contributed by atoms with Gasteiger partial charge in [-0.25, -0.2) is 0 Å². The van der Waals surface area contributed by atoms with Crippen molar-refractivity contribution >= 4 is 27.6 Å². The summed E-state index contributed by atoms with van der Waals surface area (Å²) in [5, 5.41) is 2.93. The summed E-state index contributed by atoms with van der Waals surface area (Å²) in [6, 6.07) is 15.2. The van der Waals surface area contributed by atoms with E-state index in [2.05, 4.69) is 21.2 Å². The van der Waals surface area contributed by atoms with Gasteiger partial charge in [-0.1, -0.05) is 52.3 Å². The van der Waals surface area contributed by atoms with Crippen molar-refractivity contribution in [1.82, 2.24) is 5.32 Å². The molecule has 0 bridgehead atoms. The zero-order chi connectivity index (χ0) is 16.8. The first kappa shape index (κ1) is 17.4. The quantitative estimate of drug-likeness (QED) is 0.752. The Balaban J connectivity index is 2.09. The molecule has 1 atom stereocenters. The van der Waals surface area contributed by atoms with Gasteiger partial charge in [0.05, 0.1) is 6.04 Å². The van der Waals surface area contributed by atoms with Crippen molar-refractivity contribution in [3.63, 3.8) is 0 Å². The van der Waals surface area contributed by atoms with Crippen molar-refractivity contribution in [3.05, 3.63) is 69.7 Å². The van der Waals surface area contributed by atoms with Crippen LogP contribution in [0.4, 0.5) is 0 Å². The van der Waals surface area contributed by atoms with Crippen molar-refractivity contribution < 1.29 is 9.59 Å². The van der Waals surface area contributed by atoms with Gasteiger partial charge in [-0.15, -0.1) is 0 Å². The Morgan fingerprint density at radius 1 is 1.09 bits per heavy atom. The third-order valence-electron chi connectivity index (χ3n) is 3.76. The van der Waals surface area contributed by atoms with E-state index in [9.17, 15) is 9.59 Å². The van der Waals surface area contributed by atoms with Crippen LogP contribution in [0.15, 0.2) is 53.0 Å². The van der Waals surface area contributed by atoms with Gasteiger partial charge in [0, 0.05) is 23.4 Å². The van der Waals surface area contributed by atoms with Crippen molar-refractivity contribution in [2.45, 2.75) is 32.7 Å². The van der Waals surface area contributed by atoms with E-state index in [1.54, 1.807) is 0 Å². The fraction of sp³-hybridized carbons (Fsp3) is 0.263. The normalized spacial score (nSPS) is 11.8. The maximum Gasteiger partial charge on any atom is 0.217 e. The lowest BCUT2D eigenvalue weighted by molar-refractivity contribution is -0.119. The van der Waals surface area contributed by atoms with Gasteiger partial charge in [-0.2, -0.15) is 0 Å². The molecule has 1 unspecified atom stereocenters. The van der Waals surface area contributed by atoms with E-state index >= 15 is 0 Å². The Labute approximate surface area is 145 Å². The molecule has 0 heterocycles. The summed E-state index contributed by atoms with van der Waals surface area (Å²) in [4.78, 5) is 23.9. The molecule has 23 heavy (non-hydrogen) atoms. The summed E-state index contributed by atoms with van der Waals surface area (Å²) in [7, 11) is 0. The largest absolute Gasteiger partial charge is 0.350 e. The lowest BCUT2D eigenvalue weighted by Gasteiger charge is -2.18. The number of benzene rings is 2. The van der Waals surface area contributed by atoms with Gasteiger partial charge in [0.25, 0.3) is 0 Å². The minimum Gasteiger partial charge on any atom is -0.350 e. The molecular weight excluding hydrogens is 354 g/mol. The van der Waals surface area contributed by atoms with E-state index in [1.807, 2.05) is 55.5 Å². The standard InChI is InChI=1S/C19H20BrNO2/c1-13-5-3-4-6-17(13)19(23)12-11-18(21-14(2)22)15-7-9-16(20)10-8-15/h3-10,18H,11-12H2,1-2H3,(H,21,22). The Morgan fingerprint density at radius 3 is 2.35 bits per heavy atom. The van der Waals surface area contributed by atoms with Crippen molar-refractivity contribution in [2.75, 3.05) is 0 Å². The highest BCUT2D eigenvalue weighted by atomic mass is 79.9. The number of rotatable bonds is 6. The van der Waals surface area contributed by atoms with E-state index < -0.39 is 0 Å². The number of carbonyl (C=O) groups is 2. The molecule has 1 N–H and O–H groups in total. The molecule has 0 aliphatic rings. The highest BCUT2D eigenvalue weighted by molar-refractivity contribution is 9.10. The molecular formula is C19H20BrNO2. The molecule has 2 aromatic carbocycles. The molecule has 120 valence electrons. The highest BCUT2D eigenvalue weighted by Gasteiger charge is 2.16. The van der Waals surface area contributed by atoms with Crippen LogP contribution in [-0.2, 0) is 4.79 Å². The molecule has 0 aliphatic carbocycles. The Hall–Kier alpha value is -1.94. The third kappa shape index (κ3) is 5.03. The molecule has 0 aliphatic heterocycles. The molecule has 4 heteroatoms. The number of amides is 1. The van der Waals surface area contributed by atoms with E-state index in [1.165, 1.54) is 6.92 Å². The Kier molecular flexibility index (Phi) is 6.11. The van der Waals surface area contributed by atoms with Gasteiger partial charge in [-0.3, -0.25) is 9.59 Å². The van der Waals surface area contributed by atoms with Crippen LogP contribution in [0, 0.1) is 6.92 Å². The topological polar surface area (TPSA) is 46.2 Å². The fourth-order valence-electron chi connectivity index (χ4n) is 2.56. The third-order valence-corrected chi connectivity index (χ3v) is 4.28. The molecule has 0 spiro atoms. The Bertz CT molecular complexity index is 695. The molecule has 0 aromatic heterocycles. The molecule has 3 nitrogen and oxygen atoms in total. The van der Waals surface area contributed by atoms with Gasteiger partial charge in [0.1, 0.15) is 0 Å². The summed E-state index contributed by atoms with van der Waals surface area (Å²) in [6.45, 7) is 3.43. The number of hydrogen-bond donors (Lipinski definition) is 1. The van der Waals surface area contributed by atoms with E-state index in [4.69, 9.17) is 0 Å². The van der Waals surface area contributed by atoms with Gasteiger partial charge in [0.15, 0.2) is 5.78 Å². The monoisotopic (exact) mass is 373 g/mol. The average Bonchev–Trinajstić information content (AvgIpc) is 2.52. The molecule has 0 saturated carbocycles. The van der Waals surface area contributed by atoms with Crippen LogP contribution in [0.3, 0.4) is 0 Å². The molecule has 2 aromatic rings. The van der Waals surface area contributed by atoms with E-state index in [0.717, 1.165) is 21.2 Å². The van der Waals surface area contributed by atoms with Crippen LogP contribution >= 0.6 is 15.9 Å². The summed E-state index contributed by atoms with van der Waals surface area (Å²) in [6.07, 6.45) is 0.972. The minimum absolute atomic E-state index is 0.0961. The van der Waals surface area contributed by atoms with Crippen molar-refractivity contribution in [2.24, 2.45) is 0 Å². The number of Topliss-reactive ketones (excluding diaryl/α,β-unsaturated/α-hetero) is 1. The maximum absolute atomic E-state index is 12.4. The fourth-order valence-corrected chi connectivity index (χ4v) is 2.82. The first-order valence-electron chi connectivity index (χ1n) is 7.59. The predicted octanol–water partition coefficient (Wildman–Crippen LogP) is 4.60. The van der Waals surface area contributed by atoms with Crippen LogP contribution in [-0.4, -0.2) is 11.7 Å². The lowest BCUT2D eigenvalue weighted by atomic mass is 9.96. The number of ketones is 1. The summed E-state index contributed by atoms with van der Waals surface area (Å²) in [5.74, 6) is 0.0109. The van der Waals surface area contributed by atoms with Crippen LogP contribution < -0.4 is 5.32 Å². The van der Waals surface area contributed by atoms with Gasteiger partial charge >= 0.3 is 0 Å². The second-order valence-electron chi connectivity index (χ2n) is 5.58. The number of carbonyl (C=O) groups excluding carboxylic acids is 2. The molecule has 0 radical (unpaired) electrons. The smallest absolute Gasteiger partial charge is 0.217 e. The average molecular weight is 374 g/mol. The van der Waals surface area contributed by atoms with Crippen LogP contribution in [0.2, 0.25) is 0 Å². The zero-order valence-corrected chi connectivity index (χ0v) is 14.9. The summed E-state index contributed by atoms with van der Waals surface area (Å²) >= 11 is 3.40. The first-order chi connectivity index (χ1) is 11.0. The number of aryl methyl sites for hydroxylation is 1. The van der Waals surface area contributed by atoms with Crippen LogP contribution in [0.5, 0.6) is 0 Å². The van der Waals surface area contributed by atoms with Crippen molar-refractivity contribution in [1.29, 1.82) is 0 Å². The maximum atomic E-state index is 12.4. The van der Waals surface area contributed by atoms with Gasteiger partial charge in [0.2, 0.25) is 5.91 Å². The van der Waals surface area contributed by atoms with E-state index in [0.29, 0.717) is 12.8 Å². The molecule has 0 fully saturated rings. The number of halogens is 1. The zero-order valence-electron chi connectivity index (χ0n) is 13.3.